The first-order valence-corrected chi connectivity index (χ1v) is 9.92. The molecule has 0 spiro atoms. The number of hydrogen-bond donors (Lipinski definition) is 1. The van der Waals surface area contributed by atoms with E-state index in [2.05, 4.69) is 28.1 Å². The Bertz CT molecular complexity index is 858. The largest absolute Gasteiger partial charge is 0.497 e. The molecule has 154 valence electrons. The Morgan fingerprint density at radius 3 is 2.52 bits per heavy atom. The average Bonchev–Trinajstić information content (AvgIpc) is 2.78. The highest BCUT2D eigenvalue weighted by Gasteiger charge is 2.18. The number of para-hydroxylation sites is 2. The van der Waals surface area contributed by atoms with Gasteiger partial charge in [0.25, 0.3) is 0 Å². The average molecular weight is 396 g/mol. The molecule has 6 nitrogen and oxygen atoms in total. The minimum atomic E-state index is -0.178. The third kappa shape index (κ3) is 5.29. The van der Waals surface area contributed by atoms with Crippen molar-refractivity contribution in [1.29, 1.82) is 0 Å². The molecule has 3 rings (SSSR count). The molecule has 0 atom stereocenters. The van der Waals surface area contributed by atoms with Gasteiger partial charge in [-0.15, -0.1) is 0 Å². The topological polar surface area (TPSA) is 54.0 Å². The molecule has 0 aliphatic carbocycles. The summed E-state index contributed by atoms with van der Waals surface area (Å²) in [7, 11) is 3.21. The van der Waals surface area contributed by atoms with Crippen molar-refractivity contribution in [2.45, 2.75) is 6.92 Å². The Hall–Kier alpha value is -2.99. The number of methoxy groups -OCH3 is 2. The molecular formula is C23H29N3O3. The second-order valence-electron chi connectivity index (χ2n) is 6.87. The molecule has 1 amide bonds. The lowest BCUT2D eigenvalue weighted by molar-refractivity contribution is -0.111. The van der Waals surface area contributed by atoms with E-state index in [4.69, 9.17) is 9.47 Å². The molecule has 1 fully saturated rings. The van der Waals surface area contributed by atoms with Crippen LogP contribution in [0.3, 0.4) is 0 Å². The predicted octanol–water partition coefficient (Wildman–Crippen LogP) is 3.50. The first-order valence-electron chi connectivity index (χ1n) is 9.92. The molecule has 0 bridgehead atoms. The number of carbonyl (C=O) groups excluding carboxylic acids is 1. The monoisotopic (exact) mass is 395 g/mol. The van der Waals surface area contributed by atoms with E-state index >= 15 is 0 Å². The second kappa shape index (κ2) is 9.98. The van der Waals surface area contributed by atoms with E-state index in [9.17, 15) is 4.79 Å². The van der Waals surface area contributed by atoms with E-state index < -0.39 is 0 Å². The molecule has 2 aromatic rings. The van der Waals surface area contributed by atoms with Gasteiger partial charge in [0.1, 0.15) is 11.5 Å². The Morgan fingerprint density at radius 2 is 1.83 bits per heavy atom. The number of hydrogen-bond acceptors (Lipinski definition) is 5. The zero-order valence-electron chi connectivity index (χ0n) is 17.4. The summed E-state index contributed by atoms with van der Waals surface area (Å²) < 4.78 is 10.6. The summed E-state index contributed by atoms with van der Waals surface area (Å²) in [6.45, 7) is 7.25. The highest BCUT2D eigenvalue weighted by molar-refractivity contribution is 6.04. The van der Waals surface area contributed by atoms with Gasteiger partial charge in [0, 0.05) is 43.9 Å². The van der Waals surface area contributed by atoms with Gasteiger partial charge in [-0.2, -0.15) is 0 Å². The van der Waals surface area contributed by atoms with Crippen molar-refractivity contribution in [3.05, 3.63) is 54.1 Å². The van der Waals surface area contributed by atoms with Gasteiger partial charge in [0.05, 0.1) is 25.6 Å². The maximum absolute atomic E-state index is 12.6. The Morgan fingerprint density at radius 1 is 1.07 bits per heavy atom. The number of nitrogens with zero attached hydrogens (tertiary/aromatic N) is 2. The summed E-state index contributed by atoms with van der Waals surface area (Å²) in [4.78, 5) is 17.3. The molecular weight excluding hydrogens is 366 g/mol. The van der Waals surface area contributed by atoms with Crippen LogP contribution in [0.1, 0.15) is 12.5 Å². The number of anilines is 2. The summed E-state index contributed by atoms with van der Waals surface area (Å²) in [5.41, 5.74) is 2.70. The van der Waals surface area contributed by atoms with Crippen LogP contribution in [-0.2, 0) is 4.79 Å². The van der Waals surface area contributed by atoms with Gasteiger partial charge in [0.15, 0.2) is 0 Å². The fourth-order valence-corrected chi connectivity index (χ4v) is 3.46. The van der Waals surface area contributed by atoms with E-state index in [1.165, 1.54) is 6.08 Å². The van der Waals surface area contributed by atoms with E-state index in [0.717, 1.165) is 49.7 Å². The number of rotatable bonds is 7. The molecule has 2 aromatic carbocycles. The molecule has 1 saturated heterocycles. The van der Waals surface area contributed by atoms with E-state index in [-0.39, 0.29) is 5.91 Å². The lowest BCUT2D eigenvalue weighted by Gasteiger charge is -2.36. The summed E-state index contributed by atoms with van der Waals surface area (Å²) in [6.07, 6.45) is 3.27. The molecule has 0 unspecified atom stereocenters. The van der Waals surface area contributed by atoms with E-state index in [1.807, 2.05) is 30.3 Å². The Balaban J connectivity index is 1.69. The smallest absolute Gasteiger partial charge is 0.248 e. The molecule has 0 radical (unpaired) electrons. The summed E-state index contributed by atoms with van der Waals surface area (Å²) in [5.74, 6) is 1.19. The van der Waals surface area contributed by atoms with Gasteiger partial charge in [-0.05, 0) is 36.9 Å². The Kier molecular flexibility index (Phi) is 7.14. The zero-order valence-corrected chi connectivity index (χ0v) is 17.4. The lowest BCUT2D eigenvalue weighted by Crippen LogP contribution is -2.46. The van der Waals surface area contributed by atoms with E-state index in [1.54, 1.807) is 26.4 Å². The highest BCUT2D eigenvalue weighted by atomic mass is 16.5. The number of benzene rings is 2. The predicted molar refractivity (Wildman–Crippen MR) is 118 cm³/mol. The lowest BCUT2D eigenvalue weighted by atomic mass is 10.1. The van der Waals surface area contributed by atoms with Crippen molar-refractivity contribution in [1.82, 2.24) is 4.90 Å². The number of amides is 1. The molecule has 0 aromatic heterocycles. The summed E-state index contributed by atoms with van der Waals surface area (Å²) in [5, 5.41) is 3.02. The van der Waals surface area contributed by atoms with Gasteiger partial charge in [-0.3, -0.25) is 4.79 Å². The van der Waals surface area contributed by atoms with Crippen LogP contribution in [0.5, 0.6) is 11.5 Å². The molecule has 1 aliphatic heterocycles. The van der Waals surface area contributed by atoms with Gasteiger partial charge >= 0.3 is 0 Å². The van der Waals surface area contributed by atoms with Crippen LogP contribution in [0.15, 0.2) is 48.5 Å². The van der Waals surface area contributed by atoms with Crippen molar-refractivity contribution in [3.63, 3.8) is 0 Å². The van der Waals surface area contributed by atoms with Crippen molar-refractivity contribution in [3.8, 4) is 11.5 Å². The van der Waals surface area contributed by atoms with Crippen LogP contribution in [0, 0.1) is 0 Å². The SMILES string of the molecule is CCN1CCN(c2ccccc2NC(=O)/C=C/c2ccc(OC)cc2OC)CC1. The Labute approximate surface area is 172 Å². The van der Waals surface area contributed by atoms with Crippen LogP contribution in [-0.4, -0.2) is 57.8 Å². The fraction of sp³-hybridized carbons (Fsp3) is 0.348. The summed E-state index contributed by atoms with van der Waals surface area (Å²) in [6, 6.07) is 13.5. The van der Waals surface area contributed by atoms with Crippen LogP contribution < -0.4 is 19.7 Å². The summed E-state index contributed by atoms with van der Waals surface area (Å²) >= 11 is 0. The van der Waals surface area contributed by atoms with Gasteiger partial charge in [-0.25, -0.2) is 0 Å². The second-order valence-corrected chi connectivity index (χ2v) is 6.87. The first kappa shape index (κ1) is 20.7. The van der Waals surface area contributed by atoms with Crippen molar-refractivity contribution >= 4 is 23.4 Å². The van der Waals surface area contributed by atoms with E-state index in [0.29, 0.717) is 11.5 Å². The van der Waals surface area contributed by atoms with Crippen LogP contribution in [0.4, 0.5) is 11.4 Å². The van der Waals surface area contributed by atoms with Crippen LogP contribution in [0.2, 0.25) is 0 Å². The number of nitrogens with one attached hydrogen (secondary N) is 1. The third-order valence-electron chi connectivity index (χ3n) is 5.18. The quantitative estimate of drug-likeness (QED) is 0.728. The first-order chi connectivity index (χ1) is 14.1. The molecule has 0 saturated carbocycles. The minimum absolute atomic E-state index is 0.178. The molecule has 29 heavy (non-hydrogen) atoms. The normalized spacial score (nSPS) is 14.8. The van der Waals surface area contributed by atoms with Gasteiger partial charge in [-0.1, -0.05) is 19.1 Å². The maximum atomic E-state index is 12.6. The molecule has 1 N–H and O–H groups in total. The van der Waals surface area contributed by atoms with Crippen molar-refractivity contribution in [2.75, 3.05) is 57.2 Å². The third-order valence-corrected chi connectivity index (χ3v) is 5.18. The zero-order chi connectivity index (χ0) is 20.6. The van der Waals surface area contributed by atoms with Gasteiger partial charge in [0.2, 0.25) is 5.91 Å². The molecule has 1 heterocycles. The van der Waals surface area contributed by atoms with Crippen molar-refractivity contribution in [2.24, 2.45) is 0 Å². The van der Waals surface area contributed by atoms with Crippen LogP contribution in [0.25, 0.3) is 6.08 Å². The number of piperazine rings is 1. The van der Waals surface area contributed by atoms with Gasteiger partial charge < -0.3 is 24.6 Å². The van der Waals surface area contributed by atoms with Crippen molar-refractivity contribution < 1.29 is 14.3 Å². The minimum Gasteiger partial charge on any atom is -0.497 e. The fourth-order valence-electron chi connectivity index (χ4n) is 3.46. The number of likely N-dealkylation sites (N-methyl/N-ethyl adjacent to an activating group) is 1. The number of ether oxygens (including phenoxy) is 2. The number of carbonyl (C=O) groups is 1. The highest BCUT2D eigenvalue weighted by Crippen LogP contribution is 2.28. The van der Waals surface area contributed by atoms with Crippen LogP contribution >= 0.6 is 0 Å². The molecule has 6 heteroatoms. The maximum Gasteiger partial charge on any atom is 0.248 e. The standard InChI is InChI=1S/C23H29N3O3/c1-4-25-13-15-26(16-14-25)21-8-6-5-7-20(21)24-23(27)12-10-18-9-11-19(28-2)17-22(18)29-3/h5-12,17H,4,13-16H2,1-3H3,(H,24,27)/b12-10+. The molecule has 1 aliphatic rings.